The van der Waals surface area contributed by atoms with Gasteiger partial charge in [0.1, 0.15) is 17.3 Å². The minimum atomic E-state index is -0.111. The largest absolute Gasteiger partial charge is 0.437 e. The van der Waals surface area contributed by atoms with Crippen molar-refractivity contribution in [1.82, 2.24) is 9.97 Å². The minimum Gasteiger partial charge on any atom is -0.437 e. The Kier molecular flexibility index (Phi) is 3.93. The van der Waals surface area contributed by atoms with E-state index in [1.165, 1.54) is 18.0 Å². The molecule has 5 heteroatoms. The Morgan fingerprint density at radius 3 is 2.38 bits per heavy atom. The molecule has 0 fully saturated rings. The SMILES string of the molecule is Cc1cc(C(C)(C)C)ccc1Oc1cnc(C(=N)N)cn1. The second-order valence-electron chi connectivity index (χ2n) is 5.99. The van der Waals surface area contributed by atoms with Crippen LogP contribution in [0, 0.1) is 12.3 Å². The third-order valence-electron chi connectivity index (χ3n) is 3.16. The molecule has 0 atom stereocenters. The first kappa shape index (κ1) is 15.0. The van der Waals surface area contributed by atoms with Gasteiger partial charge in [-0.2, -0.15) is 0 Å². The van der Waals surface area contributed by atoms with Crippen LogP contribution in [0.5, 0.6) is 11.6 Å². The van der Waals surface area contributed by atoms with Crippen LogP contribution in [0.25, 0.3) is 0 Å². The predicted molar refractivity (Wildman–Crippen MR) is 83.0 cm³/mol. The topological polar surface area (TPSA) is 84.9 Å². The summed E-state index contributed by atoms with van der Waals surface area (Å²) in [6, 6.07) is 6.11. The van der Waals surface area contributed by atoms with Crippen molar-refractivity contribution in [2.75, 3.05) is 0 Å². The van der Waals surface area contributed by atoms with E-state index in [1.807, 2.05) is 13.0 Å². The van der Waals surface area contributed by atoms with Gasteiger partial charge in [-0.25, -0.2) is 9.97 Å². The monoisotopic (exact) mass is 284 g/mol. The normalized spacial score (nSPS) is 11.2. The minimum absolute atomic E-state index is 0.103. The fourth-order valence-electron chi connectivity index (χ4n) is 1.85. The lowest BCUT2D eigenvalue weighted by molar-refractivity contribution is 0.455. The zero-order valence-corrected chi connectivity index (χ0v) is 12.8. The highest BCUT2D eigenvalue weighted by molar-refractivity contribution is 5.92. The number of nitrogens with two attached hydrogens (primary N) is 1. The average molecular weight is 284 g/mol. The van der Waals surface area contributed by atoms with Gasteiger partial charge < -0.3 is 10.5 Å². The molecule has 0 bridgehead atoms. The molecule has 0 saturated carbocycles. The summed E-state index contributed by atoms with van der Waals surface area (Å²) in [5.41, 5.74) is 8.07. The van der Waals surface area contributed by atoms with Crippen molar-refractivity contribution in [3.8, 4) is 11.6 Å². The molecule has 0 unspecified atom stereocenters. The molecule has 1 heterocycles. The Balaban J connectivity index is 2.22. The van der Waals surface area contributed by atoms with E-state index in [4.69, 9.17) is 15.9 Å². The molecule has 5 nitrogen and oxygen atoms in total. The van der Waals surface area contributed by atoms with E-state index in [-0.39, 0.29) is 11.3 Å². The molecule has 0 amide bonds. The molecule has 0 aliphatic heterocycles. The molecule has 1 aromatic heterocycles. The van der Waals surface area contributed by atoms with E-state index >= 15 is 0 Å². The second-order valence-corrected chi connectivity index (χ2v) is 5.99. The molecule has 3 N–H and O–H groups in total. The molecule has 0 saturated heterocycles. The van der Waals surface area contributed by atoms with Crippen LogP contribution in [0.15, 0.2) is 30.6 Å². The molecule has 0 radical (unpaired) electrons. The van der Waals surface area contributed by atoms with Gasteiger partial charge in [0.25, 0.3) is 0 Å². The highest BCUT2D eigenvalue weighted by atomic mass is 16.5. The summed E-state index contributed by atoms with van der Waals surface area (Å²) in [7, 11) is 0. The zero-order valence-electron chi connectivity index (χ0n) is 12.8. The molecule has 2 aromatic rings. The summed E-state index contributed by atoms with van der Waals surface area (Å²) < 4.78 is 5.73. The van der Waals surface area contributed by atoms with Gasteiger partial charge in [0.15, 0.2) is 0 Å². The number of rotatable bonds is 3. The van der Waals surface area contributed by atoms with Crippen LogP contribution in [0.2, 0.25) is 0 Å². The molecule has 1 aromatic carbocycles. The fraction of sp³-hybridized carbons (Fsp3) is 0.312. The standard InChI is InChI=1S/C16H20N4O/c1-10-7-11(16(2,3)4)5-6-13(10)21-14-9-19-12(8-20-14)15(17)18/h5-9H,1-4H3,(H3,17,18). The van der Waals surface area contributed by atoms with Gasteiger partial charge in [0.05, 0.1) is 12.4 Å². The van der Waals surface area contributed by atoms with Crippen molar-refractivity contribution in [2.45, 2.75) is 33.1 Å². The van der Waals surface area contributed by atoms with E-state index in [0.717, 1.165) is 11.3 Å². The van der Waals surface area contributed by atoms with Crippen LogP contribution in [-0.2, 0) is 5.41 Å². The van der Waals surface area contributed by atoms with Crippen LogP contribution in [0.4, 0.5) is 0 Å². The summed E-state index contributed by atoms with van der Waals surface area (Å²) in [5, 5.41) is 7.28. The first-order valence-corrected chi connectivity index (χ1v) is 6.73. The quantitative estimate of drug-likeness (QED) is 0.669. The van der Waals surface area contributed by atoms with Crippen molar-refractivity contribution >= 4 is 5.84 Å². The lowest BCUT2D eigenvalue weighted by atomic mass is 9.86. The molecule has 2 rings (SSSR count). The Hall–Kier alpha value is -2.43. The molecule has 0 aliphatic rings. The maximum Gasteiger partial charge on any atom is 0.237 e. The van der Waals surface area contributed by atoms with E-state index in [9.17, 15) is 0 Å². The predicted octanol–water partition coefficient (Wildman–Crippen LogP) is 3.16. The summed E-state index contributed by atoms with van der Waals surface area (Å²) in [6.07, 6.45) is 2.89. The van der Waals surface area contributed by atoms with Crippen LogP contribution >= 0.6 is 0 Å². The first-order valence-electron chi connectivity index (χ1n) is 6.73. The maximum atomic E-state index is 7.28. The molecule has 0 spiro atoms. The number of nitrogens with one attached hydrogen (secondary N) is 1. The number of amidine groups is 1. The summed E-state index contributed by atoms with van der Waals surface area (Å²) in [4.78, 5) is 8.13. The van der Waals surface area contributed by atoms with E-state index in [2.05, 4.69) is 42.9 Å². The van der Waals surface area contributed by atoms with Crippen LogP contribution in [0.1, 0.15) is 37.6 Å². The van der Waals surface area contributed by atoms with Gasteiger partial charge in [-0.1, -0.05) is 32.9 Å². The van der Waals surface area contributed by atoms with Gasteiger partial charge in [0, 0.05) is 0 Å². The van der Waals surface area contributed by atoms with Gasteiger partial charge in [-0.05, 0) is 29.5 Å². The van der Waals surface area contributed by atoms with Crippen LogP contribution in [0.3, 0.4) is 0 Å². The third-order valence-corrected chi connectivity index (χ3v) is 3.16. The van der Waals surface area contributed by atoms with Crippen molar-refractivity contribution in [3.05, 3.63) is 47.4 Å². The maximum absolute atomic E-state index is 7.28. The number of benzene rings is 1. The highest BCUT2D eigenvalue weighted by Gasteiger charge is 2.15. The Morgan fingerprint density at radius 2 is 1.90 bits per heavy atom. The van der Waals surface area contributed by atoms with Crippen LogP contribution in [-0.4, -0.2) is 15.8 Å². The van der Waals surface area contributed by atoms with Crippen molar-refractivity contribution in [2.24, 2.45) is 5.73 Å². The Labute approximate surface area is 124 Å². The van der Waals surface area contributed by atoms with Gasteiger partial charge in [0.2, 0.25) is 5.88 Å². The summed E-state index contributed by atoms with van der Waals surface area (Å²) >= 11 is 0. The number of aryl methyl sites for hydroxylation is 1. The number of ether oxygens (including phenoxy) is 1. The molecular weight excluding hydrogens is 264 g/mol. The molecule has 0 aliphatic carbocycles. The number of hydrogen-bond acceptors (Lipinski definition) is 4. The van der Waals surface area contributed by atoms with Gasteiger partial charge in [-0.3, -0.25) is 5.41 Å². The third kappa shape index (κ3) is 3.56. The van der Waals surface area contributed by atoms with Gasteiger partial charge in [-0.15, -0.1) is 0 Å². The van der Waals surface area contributed by atoms with E-state index in [1.54, 1.807) is 0 Å². The number of aromatic nitrogens is 2. The second kappa shape index (κ2) is 5.52. The molecule has 110 valence electrons. The van der Waals surface area contributed by atoms with Crippen molar-refractivity contribution < 1.29 is 4.74 Å². The number of nitrogen functional groups attached to an aromatic ring is 1. The smallest absolute Gasteiger partial charge is 0.237 e. The van der Waals surface area contributed by atoms with E-state index in [0.29, 0.717) is 11.6 Å². The summed E-state index contributed by atoms with van der Waals surface area (Å²) in [6.45, 7) is 8.53. The Morgan fingerprint density at radius 1 is 1.19 bits per heavy atom. The van der Waals surface area contributed by atoms with E-state index < -0.39 is 0 Å². The summed E-state index contributed by atoms with van der Waals surface area (Å²) in [5.74, 6) is 1.01. The zero-order chi connectivity index (χ0) is 15.6. The van der Waals surface area contributed by atoms with Crippen molar-refractivity contribution in [1.29, 1.82) is 5.41 Å². The van der Waals surface area contributed by atoms with Crippen LogP contribution < -0.4 is 10.5 Å². The molecular formula is C16H20N4O. The first-order chi connectivity index (χ1) is 9.77. The lowest BCUT2D eigenvalue weighted by Gasteiger charge is -2.20. The number of nitrogens with zero attached hydrogens (tertiary/aromatic N) is 2. The highest BCUT2D eigenvalue weighted by Crippen LogP contribution is 2.29. The number of hydrogen-bond donors (Lipinski definition) is 2. The fourth-order valence-corrected chi connectivity index (χ4v) is 1.85. The van der Waals surface area contributed by atoms with Crippen molar-refractivity contribution in [3.63, 3.8) is 0 Å². The molecule has 21 heavy (non-hydrogen) atoms. The van der Waals surface area contributed by atoms with Gasteiger partial charge >= 0.3 is 0 Å². The lowest BCUT2D eigenvalue weighted by Crippen LogP contribution is -2.13. The average Bonchev–Trinajstić information content (AvgIpc) is 2.40. The Bertz CT molecular complexity index is 657.